The average molecular weight is 326 g/mol. The molecule has 21 heavy (non-hydrogen) atoms. The summed E-state index contributed by atoms with van der Waals surface area (Å²) in [4.78, 5) is 12.9. The number of thiocarbonyl (C=S) groups is 1. The highest BCUT2D eigenvalue weighted by atomic mass is 32.1. The molecule has 0 saturated heterocycles. The molecule has 0 spiro atoms. The van der Waals surface area contributed by atoms with Crippen LogP contribution in [-0.4, -0.2) is 21.1 Å². The van der Waals surface area contributed by atoms with Crippen LogP contribution in [0.15, 0.2) is 0 Å². The molecule has 1 aliphatic rings. The van der Waals surface area contributed by atoms with E-state index in [1.165, 1.54) is 11.3 Å². The molecule has 1 heterocycles. The Morgan fingerprint density at radius 2 is 2.05 bits per heavy atom. The van der Waals surface area contributed by atoms with E-state index in [0.717, 1.165) is 43.5 Å². The Kier molecular flexibility index (Phi) is 5.27. The monoisotopic (exact) mass is 326 g/mol. The summed E-state index contributed by atoms with van der Waals surface area (Å²) in [7, 11) is 0. The number of carbonyl (C=O) groups excluding carboxylic acids is 1. The van der Waals surface area contributed by atoms with Crippen molar-refractivity contribution in [1.82, 2.24) is 10.2 Å². The van der Waals surface area contributed by atoms with Gasteiger partial charge in [-0.25, -0.2) is 0 Å². The van der Waals surface area contributed by atoms with Gasteiger partial charge in [-0.3, -0.25) is 10.1 Å². The van der Waals surface area contributed by atoms with Gasteiger partial charge in [-0.2, -0.15) is 0 Å². The van der Waals surface area contributed by atoms with Gasteiger partial charge in [-0.1, -0.05) is 56.7 Å². The van der Waals surface area contributed by atoms with Crippen molar-refractivity contribution < 1.29 is 4.79 Å². The number of nitrogens with zero attached hydrogens (tertiary/aromatic N) is 2. The normalized spacial score (nSPS) is 17.7. The molecular formula is C14H22N4OS2. The minimum atomic E-state index is -0.711. The Balaban J connectivity index is 2.08. The van der Waals surface area contributed by atoms with Gasteiger partial charge in [0.1, 0.15) is 5.01 Å². The Bertz CT molecular complexity index is 521. The minimum Gasteiger partial charge on any atom is -0.392 e. The van der Waals surface area contributed by atoms with Crippen molar-refractivity contribution in [2.75, 3.05) is 5.32 Å². The lowest BCUT2D eigenvalue weighted by atomic mass is 9.73. The molecule has 5 nitrogen and oxygen atoms in total. The summed E-state index contributed by atoms with van der Waals surface area (Å²) in [6.07, 6.45) is 5.43. The highest BCUT2D eigenvalue weighted by Gasteiger charge is 2.42. The molecule has 1 aromatic rings. The quantitative estimate of drug-likeness (QED) is 0.813. The molecule has 7 heteroatoms. The molecule has 1 fully saturated rings. The topological polar surface area (TPSA) is 80.9 Å². The Labute approximate surface area is 134 Å². The predicted molar refractivity (Wildman–Crippen MR) is 89.4 cm³/mol. The lowest BCUT2D eigenvalue weighted by molar-refractivity contribution is -0.123. The van der Waals surface area contributed by atoms with Crippen molar-refractivity contribution in [3.05, 3.63) is 5.01 Å². The number of nitrogens with two attached hydrogens (primary N) is 1. The maximum Gasteiger partial charge on any atom is 0.239 e. The second-order valence-electron chi connectivity index (χ2n) is 6.06. The van der Waals surface area contributed by atoms with Gasteiger partial charge >= 0.3 is 0 Å². The summed E-state index contributed by atoms with van der Waals surface area (Å²) >= 11 is 6.59. The fraction of sp³-hybridized carbons (Fsp3) is 0.714. The maximum absolute atomic E-state index is 12.6. The molecule has 2 rings (SSSR count). The van der Waals surface area contributed by atoms with Gasteiger partial charge in [0.2, 0.25) is 11.0 Å². The van der Waals surface area contributed by atoms with Gasteiger partial charge in [0.25, 0.3) is 0 Å². The molecule has 3 N–H and O–H groups in total. The van der Waals surface area contributed by atoms with Crippen LogP contribution in [0.1, 0.15) is 51.0 Å². The van der Waals surface area contributed by atoms with Crippen LogP contribution in [0, 0.1) is 11.3 Å². The number of hydrogen-bond donors (Lipinski definition) is 2. The summed E-state index contributed by atoms with van der Waals surface area (Å²) in [6.45, 7) is 4.26. The van der Waals surface area contributed by atoms with Crippen LogP contribution in [0.25, 0.3) is 0 Å². The molecule has 0 unspecified atom stereocenters. The fourth-order valence-corrected chi connectivity index (χ4v) is 3.94. The number of aromatic nitrogens is 2. The number of rotatable bonds is 5. The molecule has 0 aliphatic heterocycles. The molecule has 116 valence electrons. The first-order valence-electron chi connectivity index (χ1n) is 7.38. The zero-order valence-corrected chi connectivity index (χ0v) is 14.1. The molecule has 0 atom stereocenters. The summed E-state index contributed by atoms with van der Waals surface area (Å²) in [5.41, 5.74) is 5.15. The fourth-order valence-electron chi connectivity index (χ4n) is 2.69. The lowest BCUT2D eigenvalue weighted by Crippen LogP contribution is -2.47. The van der Waals surface area contributed by atoms with Gasteiger partial charge < -0.3 is 5.73 Å². The molecule has 1 saturated carbocycles. The third kappa shape index (κ3) is 3.77. The number of carbonyl (C=O) groups is 1. The van der Waals surface area contributed by atoms with Gasteiger partial charge in [0, 0.05) is 6.42 Å². The summed E-state index contributed by atoms with van der Waals surface area (Å²) < 4.78 is 0. The van der Waals surface area contributed by atoms with Crippen molar-refractivity contribution in [2.24, 2.45) is 17.1 Å². The van der Waals surface area contributed by atoms with E-state index in [-0.39, 0.29) is 5.91 Å². The van der Waals surface area contributed by atoms with E-state index >= 15 is 0 Å². The first kappa shape index (κ1) is 16.3. The second-order valence-corrected chi connectivity index (χ2v) is 7.56. The Morgan fingerprint density at radius 3 is 2.62 bits per heavy atom. The van der Waals surface area contributed by atoms with Crippen molar-refractivity contribution >= 4 is 39.6 Å². The van der Waals surface area contributed by atoms with E-state index in [1.807, 2.05) is 0 Å². The highest BCUT2D eigenvalue weighted by Crippen LogP contribution is 2.38. The summed E-state index contributed by atoms with van der Waals surface area (Å²) in [5, 5.41) is 12.5. The highest BCUT2D eigenvalue weighted by molar-refractivity contribution is 7.80. The van der Waals surface area contributed by atoms with Crippen molar-refractivity contribution in [3.8, 4) is 0 Å². The zero-order chi connectivity index (χ0) is 15.5. The SMILES string of the molecule is CC(C)Cc1nnc(NC(=O)C2(C(N)=S)CCCCC2)s1. The van der Waals surface area contributed by atoms with Crippen LogP contribution < -0.4 is 11.1 Å². The van der Waals surface area contributed by atoms with E-state index in [2.05, 4.69) is 29.4 Å². The molecule has 0 bridgehead atoms. The Hall–Kier alpha value is -1.08. The summed E-state index contributed by atoms with van der Waals surface area (Å²) in [6, 6.07) is 0. The van der Waals surface area contributed by atoms with Crippen molar-refractivity contribution in [1.29, 1.82) is 0 Å². The standard InChI is InChI=1S/C14H22N4OS2/c1-9(2)8-10-17-18-13(21-10)16-12(19)14(11(15)20)6-4-3-5-7-14/h9H,3-8H2,1-2H3,(H2,15,20)(H,16,18,19). The van der Waals surface area contributed by atoms with Gasteiger partial charge in [-0.05, 0) is 18.8 Å². The molecule has 0 aromatic carbocycles. The van der Waals surface area contributed by atoms with Gasteiger partial charge in [0.15, 0.2) is 0 Å². The lowest BCUT2D eigenvalue weighted by Gasteiger charge is -2.34. The smallest absolute Gasteiger partial charge is 0.239 e. The largest absolute Gasteiger partial charge is 0.392 e. The van der Waals surface area contributed by atoms with E-state index in [4.69, 9.17) is 18.0 Å². The van der Waals surface area contributed by atoms with Gasteiger partial charge in [-0.15, -0.1) is 10.2 Å². The summed E-state index contributed by atoms with van der Waals surface area (Å²) in [5.74, 6) is 0.393. The Morgan fingerprint density at radius 1 is 1.38 bits per heavy atom. The van der Waals surface area contributed by atoms with Crippen LogP contribution in [0.5, 0.6) is 0 Å². The number of hydrogen-bond acceptors (Lipinski definition) is 5. The first-order valence-corrected chi connectivity index (χ1v) is 8.60. The second kappa shape index (κ2) is 6.79. The third-order valence-electron chi connectivity index (χ3n) is 3.88. The molecule has 1 aliphatic carbocycles. The first-order chi connectivity index (χ1) is 9.94. The van der Waals surface area contributed by atoms with Crippen LogP contribution in [0.4, 0.5) is 5.13 Å². The van der Waals surface area contributed by atoms with Crippen LogP contribution >= 0.6 is 23.6 Å². The average Bonchev–Trinajstić information content (AvgIpc) is 2.85. The van der Waals surface area contributed by atoms with Crippen LogP contribution in [0.3, 0.4) is 0 Å². The van der Waals surface area contributed by atoms with Crippen LogP contribution in [-0.2, 0) is 11.2 Å². The number of nitrogens with one attached hydrogen (secondary N) is 1. The minimum absolute atomic E-state index is 0.123. The molecule has 1 aromatic heterocycles. The number of anilines is 1. The molecular weight excluding hydrogens is 304 g/mol. The molecule has 0 radical (unpaired) electrons. The van der Waals surface area contributed by atoms with Crippen molar-refractivity contribution in [3.63, 3.8) is 0 Å². The van der Waals surface area contributed by atoms with Crippen LogP contribution in [0.2, 0.25) is 0 Å². The van der Waals surface area contributed by atoms with E-state index < -0.39 is 5.41 Å². The zero-order valence-electron chi connectivity index (χ0n) is 12.5. The third-order valence-corrected chi connectivity index (χ3v) is 5.14. The maximum atomic E-state index is 12.6. The van der Waals surface area contributed by atoms with E-state index in [0.29, 0.717) is 16.0 Å². The van der Waals surface area contributed by atoms with E-state index in [9.17, 15) is 4.79 Å². The molecule has 1 amide bonds. The van der Waals surface area contributed by atoms with Gasteiger partial charge in [0.05, 0.1) is 10.4 Å². The number of amides is 1. The van der Waals surface area contributed by atoms with Crippen molar-refractivity contribution in [2.45, 2.75) is 52.4 Å². The predicted octanol–water partition coefficient (Wildman–Crippen LogP) is 2.91. The van der Waals surface area contributed by atoms with E-state index in [1.54, 1.807) is 0 Å².